The molecule has 2 aromatic heterocycles. The predicted octanol–water partition coefficient (Wildman–Crippen LogP) is 2.00. The van der Waals surface area contributed by atoms with Crippen LogP contribution in [0.15, 0.2) is 35.3 Å². The lowest BCUT2D eigenvalue weighted by atomic mass is 10.1. The molecule has 0 saturated carbocycles. The lowest BCUT2D eigenvalue weighted by Gasteiger charge is -2.01. The van der Waals surface area contributed by atoms with Crippen LogP contribution in [0.2, 0.25) is 0 Å². The van der Waals surface area contributed by atoms with Crippen molar-refractivity contribution in [3.63, 3.8) is 0 Å². The number of imidazole rings is 1. The summed E-state index contributed by atoms with van der Waals surface area (Å²) < 4.78 is 2.62. The van der Waals surface area contributed by atoms with Gasteiger partial charge in [-0.15, -0.1) is 0 Å². The molecule has 0 unspecified atom stereocenters. The van der Waals surface area contributed by atoms with E-state index in [4.69, 9.17) is 0 Å². The van der Waals surface area contributed by atoms with Crippen LogP contribution in [0.25, 0.3) is 0 Å². The molecule has 0 fully saturated rings. The number of carbonyl (C=O) groups excluding carboxylic acids is 1. The Morgan fingerprint density at radius 1 is 1.44 bits per heavy atom. The molecule has 2 aromatic rings. The molecule has 0 aliphatic heterocycles. The lowest BCUT2D eigenvalue weighted by Crippen LogP contribution is -2.09. The maximum absolute atomic E-state index is 11.9. The van der Waals surface area contributed by atoms with Crippen molar-refractivity contribution < 1.29 is 4.79 Å². The van der Waals surface area contributed by atoms with Crippen LogP contribution in [-0.4, -0.2) is 20.3 Å². The molecule has 0 radical (unpaired) electrons. The molecule has 0 aliphatic carbocycles. The standard InChI is InChI=1S/C11H10BrN3O/c1-15-7-13-6-10(15)11(16)4-9-3-2-8(12)5-14-9/h2-3,5-7H,4H2,1H3. The Bertz CT molecular complexity index is 504. The van der Waals surface area contributed by atoms with Gasteiger partial charge < -0.3 is 4.57 Å². The Labute approximate surface area is 101 Å². The number of halogens is 1. The van der Waals surface area contributed by atoms with Gasteiger partial charge in [-0.25, -0.2) is 4.98 Å². The van der Waals surface area contributed by atoms with Crippen LogP contribution in [0.5, 0.6) is 0 Å². The fourth-order valence-electron chi connectivity index (χ4n) is 1.39. The second-order valence-electron chi connectivity index (χ2n) is 3.46. The number of hydrogen-bond acceptors (Lipinski definition) is 3. The smallest absolute Gasteiger partial charge is 0.186 e. The zero-order valence-electron chi connectivity index (χ0n) is 8.72. The van der Waals surface area contributed by atoms with Crippen LogP contribution >= 0.6 is 15.9 Å². The van der Waals surface area contributed by atoms with Gasteiger partial charge in [-0.1, -0.05) is 0 Å². The van der Waals surface area contributed by atoms with Crippen molar-refractivity contribution >= 4 is 21.7 Å². The Kier molecular flexibility index (Phi) is 3.14. The molecular formula is C11H10BrN3O. The molecule has 0 N–H and O–H groups in total. The van der Waals surface area contributed by atoms with E-state index in [1.165, 1.54) is 0 Å². The molecule has 0 amide bonds. The van der Waals surface area contributed by atoms with E-state index in [0.717, 1.165) is 10.2 Å². The first-order valence-electron chi connectivity index (χ1n) is 4.77. The average molecular weight is 280 g/mol. The first-order chi connectivity index (χ1) is 7.66. The van der Waals surface area contributed by atoms with Crippen molar-refractivity contribution in [3.8, 4) is 0 Å². The van der Waals surface area contributed by atoms with E-state index < -0.39 is 0 Å². The highest BCUT2D eigenvalue weighted by molar-refractivity contribution is 9.10. The zero-order valence-corrected chi connectivity index (χ0v) is 10.3. The maximum Gasteiger partial charge on any atom is 0.186 e. The van der Waals surface area contributed by atoms with Gasteiger partial charge in [0.15, 0.2) is 5.78 Å². The van der Waals surface area contributed by atoms with E-state index in [0.29, 0.717) is 12.1 Å². The number of rotatable bonds is 3. The maximum atomic E-state index is 11.9. The fraction of sp³-hybridized carbons (Fsp3) is 0.182. The van der Waals surface area contributed by atoms with Crippen LogP contribution in [-0.2, 0) is 13.5 Å². The van der Waals surface area contributed by atoms with Crippen LogP contribution in [0.3, 0.4) is 0 Å². The first kappa shape index (κ1) is 11.0. The minimum absolute atomic E-state index is 0.0230. The summed E-state index contributed by atoms with van der Waals surface area (Å²) in [7, 11) is 1.80. The number of aromatic nitrogens is 3. The molecule has 0 aromatic carbocycles. The molecule has 2 heterocycles. The summed E-state index contributed by atoms with van der Waals surface area (Å²) in [4.78, 5) is 19.9. The molecular weight excluding hydrogens is 270 g/mol. The zero-order chi connectivity index (χ0) is 11.5. The van der Waals surface area contributed by atoms with Crippen LogP contribution in [0.1, 0.15) is 16.2 Å². The van der Waals surface area contributed by atoms with Crippen molar-refractivity contribution in [2.45, 2.75) is 6.42 Å². The third-order valence-corrected chi connectivity index (χ3v) is 2.70. The molecule has 0 spiro atoms. The van der Waals surface area contributed by atoms with Gasteiger partial charge in [0.25, 0.3) is 0 Å². The topological polar surface area (TPSA) is 47.8 Å². The van der Waals surface area contributed by atoms with Gasteiger partial charge in [0, 0.05) is 23.4 Å². The van der Waals surface area contributed by atoms with E-state index in [1.807, 2.05) is 12.1 Å². The highest BCUT2D eigenvalue weighted by Crippen LogP contribution is 2.09. The van der Waals surface area contributed by atoms with E-state index in [2.05, 4.69) is 25.9 Å². The second kappa shape index (κ2) is 4.57. The second-order valence-corrected chi connectivity index (χ2v) is 4.37. The molecule has 82 valence electrons. The SMILES string of the molecule is Cn1cncc1C(=O)Cc1ccc(Br)cn1. The van der Waals surface area contributed by atoms with Crippen LogP contribution < -0.4 is 0 Å². The Hall–Kier alpha value is -1.49. The Balaban J connectivity index is 2.14. The number of aryl methyl sites for hydroxylation is 1. The summed E-state index contributed by atoms with van der Waals surface area (Å²) in [6.45, 7) is 0. The number of carbonyl (C=O) groups is 1. The monoisotopic (exact) mass is 279 g/mol. The Morgan fingerprint density at radius 2 is 2.25 bits per heavy atom. The van der Waals surface area contributed by atoms with E-state index in [-0.39, 0.29) is 5.78 Å². The van der Waals surface area contributed by atoms with Gasteiger partial charge in [0.05, 0.1) is 18.9 Å². The molecule has 0 saturated heterocycles. The van der Waals surface area contributed by atoms with Crippen molar-refractivity contribution in [3.05, 3.63) is 46.7 Å². The molecule has 16 heavy (non-hydrogen) atoms. The van der Waals surface area contributed by atoms with Gasteiger partial charge in [0.2, 0.25) is 0 Å². The van der Waals surface area contributed by atoms with E-state index in [1.54, 1.807) is 30.3 Å². The van der Waals surface area contributed by atoms with Crippen LogP contribution in [0, 0.1) is 0 Å². The summed E-state index contributed by atoms with van der Waals surface area (Å²) in [5, 5.41) is 0. The molecule has 4 nitrogen and oxygen atoms in total. The van der Waals surface area contributed by atoms with Crippen molar-refractivity contribution in [1.82, 2.24) is 14.5 Å². The highest BCUT2D eigenvalue weighted by Gasteiger charge is 2.11. The van der Waals surface area contributed by atoms with E-state index in [9.17, 15) is 4.79 Å². The summed E-state index contributed by atoms with van der Waals surface area (Å²) in [6, 6.07) is 3.71. The predicted molar refractivity (Wildman–Crippen MR) is 63.2 cm³/mol. The quantitative estimate of drug-likeness (QED) is 0.808. The van der Waals surface area contributed by atoms with Gasteiger partial charge >= 0.3 is 0 Å². The van der Waals surface area contributed by atoms with E-state index >= 15 is 0 Å². The van der Waals surface area contributed by atoms with Gasteiger partial charge in [-0.05, 0) is 28.1 Å². The van der Waals surface area contributed by atoms with Gasteiger partial charge in [-0.3, -0.25) is 9.78 Å². The summed E-state index contributed by atoms with van der Waals surface area (Å²) in [5.41, 5.74) is 1.36. The first-order valence-corrected chi connectivity index (χ1v) is 5.56. The summed E-state index contributed by atoms with van der Waals surface area (Å²) in [5.74, 6) is 0.0230. The normalized spacial score (nSPS) is 10.4. The number of nitrogens with zero attached hydrogens (tertiary/aromatic N) is 3. The van der Waals surface area contributed by atoms with Crippen LogP contribution in [0.4, 0.5) is 0 Å². The van der Waals surface area contributed by atoms with Crippen molar-refractivity contribution in [1.29, 1.82) is 0 Å². The number of hydrogen-bond donors (Lipinski definition) is 0. The minimum Gasteiger partial charge on any atom is -0.331 e. The van der Waals surface area contributed by atoms with Crippen molar-refractivity contribution in [2.75, 3.05) is 0 Å². The van der Waals surface area contributed by atoms with Gasteiger partial charge in [-0.2, -0.15) is 0 Å². The highest BCUT2D eigenvalue weighted by atomic mass is 79.9. The molecule has 2 rings (SSSR count). The molecule has 0 atom stereocenters. The third-order valence-electron chi connectivity index (χ3n) is 2.23. The largest absolute Gasteiger partial charge is 0.331 e. The molecule has 5 heteroatoms. The Morgan fingerprint density at radius 3 is 2.81 bits per heavy atom. The lowest BCUT2D eigenvalue weighted by molar-refractivity contribution is 0.0984. The molecule has 0 bridgehead atoms. The molecule has 0 aliphatic rings. The third kappa shape index (κ3) is 2.36. The minimum atomic E-state index is 0.0230. The number of Topliss-reactive ketones (excluding diaryl/α,β-unsaturated/α-hetero) is 1. The fourth-order valence-corrected chi connectivity index (χ4v) is 1.63. The number of ketones is 1. The summed E-state index contributed by atoms with van der Waals surface area (Å²) >= 11 is 3.30. The average Bonchev–Trinajstić information content (AvgIpc) is 2.68. The van der Waals surface area contributed by atoms with Crippen molar-refractivity contribution in [2.24, 2.45) is 7.05 Å². The summed E-state index contributed by atoms with van der Waals surface area (Å²) in [6.07, 6.45) is 5.17. The number of pyridine rings is 1. The van der Waals surface area contributed by atoms with Gasteiger partial charge in [0.1, 0.15) is 5.69 Å².